The number of unbranched alkanes of at least 4 members (excludes halogenated alkanes) is 7. The second-order valence-electron chi connectivity index (χ2n) is 11.7. The molecule has 0 amide bonds. The Labute approximate surface area is 299 Å². The first-order chi connectivity index (χ1) is 24.1. The van der Waals surface area contributed by atoms with Gasteiger partial charge in [-0.2, -0.15) is 0 Å². The van der Waals surface area contributed by atoms with E-state index in [-0.39, 0.29) is 31.6 Å². The van der Waals surface area contributed by atoms with E-state index < -0.39 is 6.10 Å². The van der Waals surface area contributed by atoms with Crippen LogP contribution in [0.3, 0.4) is 0 Å². The third kappa shape index (κ3) is 37.0. The molecule has 0 fully saturated rings. The average Bonchev–Trinajstić information content (AvgIpc) is 3.10. The van der Waals surface area contributed by atoms with Crippen molar-refractivity contribution in [2.24, 2.45) is 0 Å². The van der Waals surface area contributed by atoms with Gasteiger partial charge in [-0.05, 0) is 70.6 Å². The number of aliphatic hydroxyl groups excluding tert-OH is 1. The number of esters is 2. The van der Waals surface area contributed by atoms with Crippen LogP contribution in [0.1, 0.15) is 123 Å². The van der Waals surface area contributed by atoms with Crippen molar-refractivity contribution in [1.82, 2.24) is 0 Å². The first-order valence-electron chi connectivity index (χ1n) is 18.7. The lowest BCUT2D eigenvalue weighted by atomic mass is 10.1. The number of carbonyl (C=O) groups is 2. The molecule has 5 nitrogen and oxygen atoms in total. The van der Waals surface area contributed by atoms with Gasteiger partial charge in [0.15, 0.2) is 6.10 Å². The normalized spacial score (nSPS) is 13.6. The summed E-state index contributed by atoms with van der Waals surface area (Å²) in [6.45, 7) is 3.77. The van der Waals surface area contributed by atoms with Crippen molar-refractivity contribution in [3.8, 4) is 0 Å². The lowest BCUT2D eigenvalue weighted by Gasteiger charge is -2.15. The van der Waals surface area contributed by atoms with Crippen LogP contribution in [0.4, 0.5) is 0 Å². The third-order valence-electron chi connectivity index (χ3n) is 7.13. The Kier molecular flexibility index (Phi) is 35.8. The molecule has 0 aromatic carbocycles. The minimum atomic E-state index is -0.817. The summed E-state index contributed by atoms with van der Waals surface area (Å²) < 4.78 is 10.5. The quantitative estimate of drug-likeness (QED) is 0.0343. The smallest absolute Gasteiger partial charge is 0.306 e. The highest BCUT2D eigenvalue weighted by molar-refractivity contribution is 5.70. The first-order valence-corrected chi connectivity index (χ1v) is 18.7. The van der Waals surface area contributed by atoms with Crippen molar-refractivity contribution >= 4 is 11.9 Å². The molecule has 5 heteroatoms. The van der Waals surface area contributed by atoms with Gasteiger partial charge in [-0.15, -0.1) is 0 Å². The van der Waals surface area contributed by atoms with Gasteiger partial charge in [0.25, 0.3) is 0 Å². The van der Waals surface area contributed by atoms with Crippen molar-refractivity contribution in [3.63, 3.8) is 0 Å². The lowest BCUT2D eigenvalue weighted by Crippen LogP contribution is -2.28. The molecule has 0 aliphatic carbocycles. The number of rotatable bonds is 31. The topological polar surface area (TPSA) is 72.8 Å². The Hall–Kier alpha value is -3.70. The van der Waals surface area contributed by atoms with Crippen LogP contribution in [-0.4, -0.2) is 36.4 Å². The Bertz CT molecular complexity index is 1080. The molecule has 0 rings (SSSR count). The molecule has 0 radical (unpaired) electrons. The van der Waals surface area contributed by atoms with Crippen LogP contribution < -0.4 is 0 Å². The van der Waals surface area contributed by atoms with Gasteiger partial charge in [0.2, 0.25) is 0 Å². The molecule has 1 unspecified atom stereocenters. The minimum Gasteiger partial charge on any atom is -0.462 e. The van der Waals surface area contributed by atoms with E-state index in [1.54, 1.807) is 0 Å². The fraction of sp³-hybridized carbons (Fsp3) is 0.500. The maximum Gasteiger partial charge on any atom is 0.306 e. The summed E-state index contributed by atoms with van der Waals surface area (Å²) in [7, 11) is 0. The standard InChI is InChI=1S/C44H66O5/c1-3-5-7-9-11-13-15-17-18-19-20-21-22-23-24-25-27-29-31-33-35-37-39-44(47)49-42(40-45)41-48-43(46)38-36-34-32-30-28-26-16-14-12-10-8-6-4-2/h5-8,10-14,16-18,20-21,23-24,26,28,30,32,42,45H,3-4,9,15,19,22,25,27,29,31,33-41H2,1-2H3/b7-5+,8-6+,12-10+,13-11+,16-14+,18-17+,21-20+,24-23+,28-26+,32-30+. The minimum absolute atomic E-state index is 0.118. The van der Waals surface area contributed by atoms with E-state index in [1.165, 1.54) is 12.8 Å². The van der Waals surface area contributed by atoms with Crippen molar-refractivity contribution in [3.05, 3.63) is 122 Å². The molecule has 0 aliphatic heterocycles. The van der Waals surface area contributed by atoms with Crippen LogP contribution in [0.25, 0.3) is 0 Å². The zero-order valence-corrected chi connectivity index (χ0v) is 30.6. The van der Waals surface area contributed by atoms with Crippen molar-refractivity contribution in [2.75, 3.05) is 13.2 Å². The van der Waals surface area contributed by atoms with Gasteiger partial charge in [0.1, 0.15) is 6.61 Å². The van der Waals surface area contributed by atoms with Crippen LogP contribution >= 0.6 is 0 Å². The first kappa shape index (κ1) is 45.3. The summed E-state index contributed by atoms with van der Waals surface area (Å²) in [5.74, 6) is -0.711. The van der Waals surface area contributed by atoms with Crippen LogP contribution in [-0.2, 0) is 19.1 Å². The summed E-state index contributed by atoms with van der Waals surface area (Å²) in [6, 6.07) is 0. The summed E-state index contributed by atoms with van der Waals surface area (Å²) in [6.07, 6.45) is 56.9. The summed E-state index contributed by atoms with van der Waals surface area (Å²) in [5.41, 5.74) is 0. The largest absolute Gasteiger partial charge is 0.462 e. The highest BCUT2D eigenvalue weighted by Crippen LogP contribution is 2.10. The molecule has 49 heavy (non-hydrogen) atoms. The predicted octanol–water partition coefficient (Wildman–Crippen LogP) is 11.7. The third-order valence-corrected chi connectivity index (χ3v) is 7.13. The fourth-order valence-corrected chi connectivity index (χ4v) is 4.37. The van der Waals surface area contributed by atoms with Crippen LogP contribution in [0.2, 0.25) is 0 Å². The van der Waals surface area contributed by atoms with E-state index >= 15 is 0 Å². The van der Waals surface area contributed by atoms with Crippen molar-refractivity contribution in [1.29, 1.82) is 0 Å². The second-order valence-corrected chi connectivity index (χ2v) is 11.7. The molecule has 0 heterocycles. The molecular weight excluding hydrogens is 608 g/mol. The number of hydrogen-bond donors (Lipinski definition) is 1. The summed E-state index contributed by atoms with van der Waals surface area (Å²) in [4.78, 5) is 24.2. The molecule has 1 atom stereocenters. The number of hydrogen-bond acceptors (Lipinski definition) is 5. The molecule has 0 aromatic heterocycles. The maximum absolute atomic E-state index is 12.2. The molecular formula is C44H66O5. The number of ether oxygens (including phenoxy) is 2. The predicted molar refractivity (Wildman–Crippen MR) is 209 cm³/mol. The maximum atomic E-state index is 12.2. The van der Waals surface area contributed by atoms with Crippen LogP contribution in [0, 0.1) is 0 Å². The average molecular weight is 675 g/mol. The van der Waals surface area contributed by atoms with Crippen LogP contribution in [0.15, 0.2) is 122 Å². The Balaban J connectivity index is 3.75. The number of aliphatic hydroxyl groups is 1. The highest BCUT2D eigenvalue weighted by atomic mass is 16.6. The zero-order valence-electron chi connectivity index (χ0n) is 30.6. The number of carbonyl (C=O) groups excluding carboxylic acids is 2. The summed E-state index contributed by atoms with van der Waals surface area (Å²) >= 11 is 0. The van der Waals surface area contributed by atoms with E-state index in [9.17, 15) is 14.7 Å². The Morgan fingerprint density at radius 1 is 0.490 bits per heavy atom. The van der Waals surface area contributed by atoms with Gasteiger partial charge in [0, 0.05) is 12.8 Å². The van der Waals surface area contributed by atoms with Gasteiger partial charge in [0.05, 0.1) is 6.61 Å². The zero-order chi connectivity index (χ0) is 35.7. The molecule has 0 saturated carbocycles. The van der Waals surface area contributed by atoms with E-state index in [1.807, 2.05) is 54.7 Å². The van der Waals surface area contributed by atoms with E-state index in [2.05, 4.69) is 80.7 Å². The van der Waals surface area contributed by atoms with E-state index in [0.717, 1.165) is 77.0 Å². The lowest BCUT2D eigenvalue weighted by molar-refractivity contribution is -0.161. The van der Waals surface area contributed by atoms with Gasteiger partial charge in [-0.1, -0.05) is 161 Å². The Morgan fingerprint density at radius 2 is 0.939 bits per heavy atom. The van der Waals surface area contributed by atoms with Crippen molar-refractivity contribution in [2.45, 2.75) is 129 Å². The molecule has 0 aromatic rings. The van der Waals surface area contributed by atoms with Gasteiger partial charge < -0.3 is 14.6 Å². The molecule has 0 saturated heterocycles. The molecule has 0 aliphatic rings. The monoisotopic (exact) mass is 674 g/mol. The van der Waals surface area contributed by atoms with Gasteiger partial charge in [-0.25, -0.2) is 0 Å². The van der Waals surface area contributed by atoms with Gasteiger partial charge in [-0.3, -0.25) is 9.59 Å². The van der Waals surface area contributed by atoms with E-state index in [0.29, 0.717) is 12.8 Å². The van der Waals surface area contributed by atoms with Crippen molar-refractivity contribution < 1.29 is 24.2 Å². The van der Waals surface area contributed by atoms with Crippen LogP contribution in [0.5, 0.6) is 0 Å². The Morgan fingerprint density at radius 3 is 1.51 bits per heavy atom. The molecule has 0 spiro atoms. The fourth-order valence-electron chi connectivity index (χ4n) is 4.37. The van der Waals surface area contributed by atoms with E-state index in [4.69, 9.17) is 9.47 Å². The molecule has 0 bridgehead atoms. The molecule has 272 valence electrons. The highest BCUT2D eigenvalue weighted by Gasteiger charge is 2.15. The van der Waals surface area contributed by atoms with Gasteiger partial charge >= 0.3 is 11.9 Å². The second kappa shape index (κ2) is 38.7. The summed E-state index contributed by atoms with van der Waals surface area (Å²) in [5, 5.41) is 9.53. The number of allylic oxidation sites excluding steroid dienone is 20. The molecule has 1 N–H and O–H groups in total. The SMILES string of the molecule is CC/C=C/C=C/C=C/C=C/C=C/CCCC(=O)OCC(CO)OC(=O)CCCCCCCC/C=C/C/C=C/C/C=C/C/C=C/C/C=C/CC.